The van der Waals surface area contributed by atoms with Crippen molar-refractivity contribution in [3.8, 4) is 5.75 Å². The molecule has 3 aromatic carbocycles. The number of carbonyl (C=O) groups is 3. The highest BCUT2D eigenvalue weighted by Crippen LogP contribution is 2.66. The predicted octanol–water partition coefficient (Wildman–Crippen LogP) is 4.36. The normalized spacial score (nSPS) is 28.9. The second kappa shape index (κ2) is 6.41. The number of imide groups is 1. The minimum atomic E-state index is -0.602. The van der Waals surface area contributed by atoms with Gasteiger partial charge in [-0.25, -0.2) is 4.90 Å². The van der Waals surface area contributed by atoms with Crippen LogP contribution in [0.15, 0.2) is 72.8 Å². The Labute approximate surface area is 192 Å². The summed E-state index contributed by atoms with van der Waals surface area (Å²) in [5.74, 6) is -1.39. The van der Waals surface area contributed by atoms with Crippen LogP contribution >= 0.6 is 0 Å². The summed E-state index contributed by atoms with van der Waals surface area (Å²) >= 11 is 0. The van der Waals surface area contributed by atoms with Crippen molar-refractivity contribution in [2.75, 3.05) is 4.90 Å². The van der Waals surface area contributed by atoms with Crippen molar-refractivity contribution in [3.05, 3.63) is 95.1 Å². The van der Waals surface area contributed by atoms with E-state index in [2.05, 4.69) is 38.1 Å². The Kier molecular flexibility index (Phi) is 3.87. The van der Waals surface area contributed by atoms with Crippen LogP contribution in [-0.2, 0) is 25.2 Å². The van der Waals surface area contributed by atoms with Gasteiger partial charge in [-0.05, 0) is 46.5 Å². The fourth-order valence-electron chi connectivity index (χ4n) is 6.65. The molecule has 3 aromatic rings. The molecule has 164 valence electrons. The average Bonchev–Trinajstić information content (AvgIpc) is 3.09. The summed E-state index contributed by atoms with van der Waals surface area (Å²) in [6.07, 6.45) is 0. The van der Waals surface area contributed by atoms with Gasteiger partial charge in [0.05, 0.1) is 17.5 Å². The smallest absolute Gasteiger partial charge is 0.308 e. The first kappa shape index (κ1) is 19.9. The maximum Gasteiger partial charge on any atom is 0.308 e. The molecule has 2 amide bonds. The largest absolute Gasteiger partial charge is 0.427 e. The summed E-state index contributed by atoms with van der Waals surface area (Å²) in [6.45, 7) is 5.55. The molecule has 3 aliphatic carbocycles. The number of hydrogen-bond acceptors (Lipinski definition) is 4. The molecule has 1 saturated heterocycles. The van der Waals surface area contributed by atoms with Crippen LogP contribution in [0.2, 0.25) is 0 Å². The van der Waals surface area contributed by atoms with Crippen LogP contribution in [0.5, 0.6) is 5.75 Å². The standard InChI is InChI=1S/C28H23NO4/c1-16(30)33-18-14-12-17(13-15-18)29-25(31)23-24(26(29)32)28(3)21-10-6-4-8-19(21)27(23,2)20-9-5-7-11-22(20)28/h4-15,23-24H,1-3H3/t23-,24-,27?,28?/m0/s1. The zero-order valence-corrected chi connectivity index (χ0v) is 18.7. The van der Waals surface area contributed by atoms with E-state index < -0.39 is 28.6 Å². The Morgan fingerprint density at radius 1 is 0.727 bits per heavy atom. The van der Waals surface area contributed by atoms with E-state index in [9.17, 15) is 14.4 Å². The minimum absolute atomic E-state index is 0.178. The molecule has 5 nitrogen and oxygen atoms in total. The molecule has 2 atom stereocenters. The monoisotopic (exact) mass is 437 g/mol. The molecule has 33 heavy (non-hydrogen) atoms. The second-order valence-corrected chi connectivity index (χ2v) is 9.55. The number of hydrogen-bond donors (Lipinski definition) is 0. The van der Waals surface area contributed by atoms with Crippen molar-refractivity contribution in [1.29, 1.82) is 0 Å². The molecular weight excluding hydrogens is 414 g/mol. The number of carbonyl (C=O) groups excluding carboxylic acids is 3. The van der Waals surface area contributed by atoms with Crippen LogP contribution in [0.1, 0.15) is 43.0 Å². The lowest BCUT2D eigenvalue weighted by atomic mass is 9.42. The van der Waals surface area contributed by atoms with Crippen molar-refractivity contribution in [2.24, 2.45) is 11.8 Å². The summed E-state index contributed by atoms with van der Waals surface area (Å²) in [5, 5.41) is 0. The van der Waals surface area contributed by atoms with Crippen LogP contribution in [0, 0.1) is 11.8 Å². The quantitative estimate of drug-likeness (QED) is 0.340. The number of nitrogens with zero attached hydrogens (tertiary/aromatic N) is 1. The Hall–Kier alpha value is -3.73. The Morgan fingerprint density at radius 3 is 1.48 bits per heavy atom. The number of rotatable bonds is 2. The van der Waals surface area contributed by atoms with Gasteiger partial charge in [0.15, 0.2) is 0 Å². The number of esters is 1. The summed E-state index contributed by atoms with van der Waals surface area (Å²) in [4.78, 5) is 40.6. The van der Waals surface area contributed by atoms with Gasteiger partial charge < -0.3 is 4.74 Å². The first-order chi connectivity index (χ1) is 15.8. The third-order valence-electron chi connectivity index (χ3n) is 8.00. The molecular formula is C28H23NO4. The van der Waals surface area contributed by atoms with Gasteiger partial charge in [-0.3, -0.25) is 14.4 Å². The van der Waals surface area contributed by atoms with Crippen molar-refractivity contribution in [2.45, 2.75) is 31.6 Å². The van der Waals surface area contributed by atoms with Gasteiger partial charge >= 0.3 is 5.97 Å². The van der Waals surface area contributed by atoms with Gasteiger partial charge in [0.1, 0.15) is 5.75 Å². The molecule has 1 aliphatic heterocycles. The van der Waals surface area contributed by atoms with Crippen molar-refractivity contribution in [3.63, 3.8) is 0 Å². The topological polar surface area (TPSA) is 63.7 Å². The number of benzene rings is 3. The molecule has 1 heterocycles. The highest BCUT2D eigenvalue weighted by Gasteiger charge is 2.70. The van der Waals surface area contributed by atoms with Gasteiger partial charge in [0.25, 0.3) is 0 Å². The molecule has 7 rings (SSSR count). The van der Waals surface area contributed by atoms with E-state index in [0.717, 1.165) is 22.3 Å². The zero-order chi connectivity index (χ0) is 23.1. The second-order valence-electron chi connectivity index (χ2n) is 9.55. The fourth-order valence-corrected chi connectivity index (χ4v) is 6.65. The van der Waals surface area contributed by atoms with E-state index in [1.807, 2.05) is 24.3 Å². The van der Waals surface area contributed by atoms with E-state index >= 15 is 0 Å². The first-order valence-corrected chi connectivity index (χ1v) is 11.2. The SMILES string of the molecule is CC(=O)Oc1ccc(N2C(=O)[C@@H]3[C@@H](C2=O)C2(C)c4ccccc4C3(C)c3ccccc32)cc1. The van der Waals surface area contributed by atoms with Crippen LogP contribution in [0.4, 0.5) is 5.69 Å². The summed E-state index contributed by atoms with van der Waals surface area (Å²) < 4.78 is 5.11. The average molecular weight is 437 g/mol. The Balaban J connectivity index is 1.54. The van der Waals surface area contributed by atoms with E-state index in [1.165, 1.54) is 11.8 Å². The lowest BCUT2D eigenvalue weighted by Gasteiger charge is -2.57. The van der Waals surface area contributed by atoms with Crippen LogP contribution in [0.3, 0.4) is 0 Å². The number of anilines is 1. The predicted molar refractivity (Wildman–Crippen MR) is 123 cm³/mol. The van der Waals surface area contributed by atoms with Gasteiger partial charge in [-0.15, -0.1) is 0 Å². The van der Waals surface area contributed by atoms with Crippen LogP contribution in [0.25, 0.3) is 0 Å². The Morgan fingerprint density at radius 2 is 1.12 bits per heavy atom. The summed E-state index contributed by atoms with van der Waals surface area (Å²) in [5.41, 5.74) is 3.79. The maximum atomic E-state index is 14.0. The summed E-state index contributed by atoms with van der Waals surface area (Å²) in [7, 11) is 0. The van der Waals surface area contributed by atoms with Gasteiger partial charge in [-0.2, -0.15) is 0 Å². The van der Waals surface area contributed by atoms with E-state index in [-0.39, 0.29) is 11.8 Å². The summed E-state index contributed by atoms with van der Waals surface area (Å²) in [6, 6.07) is 23.0. The third kappa shape index (κ3) is 2.29. The molecule has 0 radical (unpaired) electrons. The highest BCUT2D eigenvalue weighted by molar-refractivity contribution is 6.24. The third-order valence-corrected chi connectivity index (χ3v) is 8.00. The Bertz CT molecular complexity index is 1230. The molecule has 0 aromatic heterocycles. The number of ether oxygens (including phenoxy) is 1. The molecule has 0 unspecified atom stereocenters. The van der Waals surface area contributed by atoms with Crippen molar-refractivity contribution >= 4 is 23.5 Å². The highest BCUT2D eigenvalue weighted by atomic mass is 16.5. The van der Waals surface area contributed by atoms with Gasteiger partial charge in [0, 0.05) is 17.8 Å². The van der Waals surface area contributed by atoms with Crippen molar-refractivity contribution in [1.82, 2.24) is 0 Å². The number of amides is 2. The van der Waals surface area contributed by atoms with Crippen LogP contribution < -0.4 is 9.64 Å². The molecule has 5 heteroatoms. The first-order valence-electron chi connectivity index (χ1n) is 11.2. The van der Waals surface area contributed by atoms with E-state index in [1.54, 1.807) is 24.3 Å². The molecule has 1 fully saturated rings. The van der Waals surface area contributed by atoms with Gasteiger partial charge in [0.2, 0.25) is 11.8 Å². The van der Waals surface area contributed by atoms with Crippen molar-refractivity contribution < 1.29 is 19.1 Å². The minimum Gasteiger partial charge on any atom is -0.427 e. The van der Waals surface area contributed by atoms with E-state index in [0.29, 0.717) is 11.4 Å². The fraction of sp³-hybridized carbons (Fsp3) is 0.250. The lowest BCUT2D eigenvalue weighted by Crippen LogP contribution is -2.59. The molecule has 2 bridgehead atoms. The maximum absolute atomic E-state index is 14.0. The molecule has 0 spiro atoms. The van der Waals surface area contributed by atoms with Gasteiger partial charge in [-0.1, -0.05) is 62.4 Å². The van der Waals surface area contributed by atoms with Crippen LogP contribution in [-0.4, -0.2) is 17.8 Å². The zero-order valence-electron chi connectivity index (χ0n) is 18.7. The molecule has 0 saturated carbocycles. The lowest BCUT2D eigenvalue weighted by molar-refractivity contribution is -0.132. The molecule has 0 N–H and O–H groups in total. The molecule has 4 aliphatic rings. The van der Waals surface area contributed by atoms with E-state index in [4.69, 9.17) is 4.74 Å².